The van der Waals surface area contributed by atoms with Crippen molar-refractivity contribution in [3.8, 4) is 11.5 Å². The number of amides is 3. The van der Waals surface area contributed by atoms with Gasteiger partial charge in [-0.1, -0.05) is 13.0 Å². The molecule has 9 heteroatoms. The second-order valence-electron chi connectivity index (χ2n) is 10.1. The van der Waals surface area contributed by atoms with Gasteiger partial charge in [0, 0.05) is 11.7 Å². The minimum Gasteiger partial charge on any atom is -0.508 e. The molecule has 0 radical (unpaired) electrons. The summed E-state index contributed by atoms with van der Waals surface area (Å²) in [5.74, 6) is 0.128. The Morgan fingerprint density at radius 3 is 2.31 bits per heavy atom. The number of nitrogens with one attached hydrogen (secondary N) is 2. The molecule has 0 saturated heterocycles. The molecule has 194 valence electrons. The van der Waals surface area contributed by atoms with Crippen LogP contribution in [0.5, 0.6) is 11.5 Å². The van der Waals surface area contributed by atoms with Gasteiger partial charge < -0.3 is 30.1 Å². The Balaban J connectivity index is 1.91. The minimum atomic E-state index is -0.978. The molecule has 3 amide bonds. The first-order valence-electron chi connectivity index (χ1n) is 11.9. The van der Waals surface area contributed by atoms with E-state index in [-0.39, 0.29) is 24.3 Å². The molecule has 3 unspecified atom stereocenters. The Labute approximate surface area is 211 Å². The van der Waals surface area contributed by atoms with E-state index in [0.29, 0.717) is 22.6 Å². The Morgan fingerprint density at radius 1 is 1.14 bits per heavy atom. The Bertz CT molecular complexity index is 1110. The highest BCUT2D eigenvalue weighted by Gasteiger charge is 2.46. The SMILES string of the molecule is COc1ccc(NC(=O)C(c2ccc(O)c(C)c2)N(C(=O)CNC(=O)OC(C)(C)C)C2CC2C)cc1. The van der Waals surface area contributed by atoms with Crippen molar-refractivity contribution in [3.05, 3.63) is 53.6 Å². The van der Waals surface area contributed by atoms with Crippen molar-refractivity contribution < 1.29 is 29.0 Å². The molecular weight excluding hydrogens is 462 g/mol. The molecule has 2 aromatic rings. The van der Waals surface area contributed by atoms with E-state index in [1.165, 1.54) is 11.0 Å². The minimum absolute atomic E-state index is 0.0947. The lowest BCUT2D eigenvalue weighted by Gasteiger charge is -2.32. The van der Waals surface area contributed by atoms with Gasteiger partial charge in [-0.2, -0.15) is 0 Å². The summed E-state index contributed by atoms with van der Waals surface area (Å²) in [6, 6.07) is 10.6. The van der Waals surface area contributed by atoms with Gasteiger partial charge in [-0.3, -0.25) is 9.59 Å². The average molecular weight is 498 g/mol. The van der Waals surface area contributed by atoms with E-state index in [9.17, 15) is 19.5 Å². The highest BCUT2D eigenvalue weighted by Crippen LogP contribution is 2.41. The van der Waals surface area contributed by atoms with Crippen LogP contribution in [0.25, 0.3) is 0 Å². The predicted molar refractivity (Wildman–Crippen MR) is 136 cm³/mol. The number of carbonyl (C=O) groups is 3. The molecule has 36 heavy (non-hydrogen) atoms. The topological polar surface area (TPSA) is 117 Å². The highest BCUT2D eigenvalue weighted by molar-refractivity contribution is 5.98. The molecule has 1 aliphatic carbocycles. The number of anilines is 1. The third kappa shape index (κ3) is 6.90. The van der Waals surface area contributed by atoms with E-state index >= 15 is 0 Å². The molecule has 0 bridgehead atoms. The summed E-state index contributed by atoms with van der Waals surface area (Å²) < 4.78 is 10.4. The summed E-state index contributed by atoms with van der Waals surface area (Å²) in [5.41, 5.74) is 0.977. The average Bonchev–Trinajstić information content (AvgIpc) is 3.52. The van der Waals surface area contributed by atoms with Crippen LogP contribution in [0.3, 0.4) is 0 Å². The van der Waals surface area contributed by atoms with E-state index in [0.717, 1.165) is 6.42 Å². The molecule has 9 nitrogen and oxygen atoms in total. The summed E-state index contributed by atoms with van der Waals surface area (Å²) in [5, 5.41) is 15.4. The second kappa shape index (κ2) is 10.9. The molecule has 3 atom stereocenters. The van der Waals surface area contributed by atoms with E-state index in [1.807, 2.05) is 6.92 Å². The van der Waals surface area contributed by atoms with Crippen molar-refractivity contribution in [1.29, 1.82) is 0 Å². The van der Waals surface area contributed by atoms with Crippen molar-refractivity contribution in [2.75, 3.05) is 19.0 Å². The fourth-order valence-corrected chi connectivity index (χ4v) is 3.94. The fraction of sp³-hybridized carbons (Fsp3) is 0.444. The molecule has 0 aromatic heterocycles. The van der Waals surface area contributed by atoms with Gasteiger partial charge in [-0.15, -0.1) is 0 Å². The van der Waals surface area contributed by atoms with Crippen molar-refractivity contribution in [2.45, 2.75) is 58.7 Å². The van der Waals surface area contributed by atoms with Crippen LogP contribution < -0.4 is 15.4 Å². The molecule has 3 rings (SSSR count). The van der Waals surface area contributed by atoms with Crippen LogP contribution >= 0.6 is 0 Å². The zero-order chi connectivity index (χ0) is 26.6. The predicted octanol–water partition coefficient (Wildman–Crippen LogP) is 4.15. The number of phenols is 1. The van der Waals surface area contributed by atoms with Crippen LogP contribution in [0.15, 0.2) is 42.5 Å². The van der Waals surface area contributed by atoms with Gasteiger partial charge in [0.15, 0.2) is 0 Å². The normalized spacial score (nSPS) is 17.5. The monoisotopic (exact) mass is 497 g/mol. The van der Waals surface area contributed by atoms with Crippen LogP contribution in [-0.4, -0.2) is 53.2 Å². The number of hydrogen-bond acceptors (Lipinski definition) is 6. The van der Waals surface area contributed by atoms with Crippen molar-refractivity contribution in [1.82, 2.24) is 10.2 Å². The molecule has 2 aromatic carbocycles. The Hall–Kier alpha value is -3.75. The van der Waals surface area contributed by atoms with Gasteiger partial charge in [-0.25, -0.2) is 4.79 Å². The molecule has 1 fully saturated rings. The molecule has 0 heterocycles. The van der Waals surface area contributed by atoms with Gasteiger partial charge in [-0.05, 0) is 87.6 Å². The van der Waals surface area contributed by atoms with Crippen LogP contribution in [-0.2, 0) is 14.3 Å². The van der Waals surface area contributed by atoms with Gasteiger partial charge in [0.25, 0.3) is 5.91 Å². The number of phenolic OH excluding ortho intramolecular Hbond substituents is 1. The highest BCUT2D eigenvalue weighted by atomic mass is 16.6. The van der Waals surface area contributed by atoms with E-state index in [1.54, 1.807) is 71.2 Å². The van der Waals surface area contributed by atoms with E-state index in [2.05, 4.69) is 10.6 Å². The summed E-state index contributed by atoms with van der Waals surface area (Å²) in [4.78, 5) is 40.8. The van der Waals surface area contributed by atoms with Crippen molar-refractivity contribution >= 4 is 23.6 Å². The van der Waals surface area contributed by atoms with Crippen LogP contribution in [0.4, 0.5) is 10.5 Å². The maximum atomic E-state index is 13.7. The smallest absolute Gasteiger partial charge is 0.408 e. The molecular formula is C27H35N3O6. The quantitative estimate of drug-likeness (QED) is 0.504. The maximum absolute atomic E-state index is 13.7. The molecule has 0 aliphatic heterocycles. The number of aromatic hydroxyl groups is 1. The zero-order valence-corrected chi connectivity index (χ0v) is 21.6. The van der Waals surface area contributed by atoms with Crippen LogP contribution in [0.1, 0.15) is 51.3 Å². The zero-order valence-electron chi connectivity index (χ0n) is 21.6. The summed E-state index contributed by atoms with van der Waals surface area (Å²) >= 11 is 0. The van der Waals surface area contributed by atoms with Gasteiger partial charge in [0.1, 0.15) is 29.7 Å². The third-order valence-corrected chi connectivity index (χ3v) is 5.92. The standard InChI is InChI=1S/C27H35N3O6/c1-16-14-21(16)30(23(32)15-28-26(34)36-27(3,4)5)24(18-7-12-22(31)17(2)13-18)25(33)29-19-8-10-20(35-6)11-9-19/h7-13,16,21,24,31H,14-15H2,1-6H3,(H,28,34)(H,29,33). The molecule has 3 N–H and O–H groups in total. The number of hydrogen-bond donors (Lipinski definition) is 3. The largest absolute Gasteiger partial charge is 0.508 e. The number of benzene rings is 2. The Kier molecular flexibility index (Phi) is 8.12. The first-order valence-corrected chi connectivity index (χ1v) is 11.9. The van der Waals surface area contributed by atoms with Crippen LogP contribution in [0.2, 0.25) is 0 Å². The van der Waals surface area contributed by atoms with Gasteiger partial charge in [0.2, 0.25) is 5.91 Å². The Morgan fingerprint density at radius 2 is 1.78 bits per heavy atom. The second-order valence-corrected chi connectivity index (χ2v) is 10.1. The summed E-state index contributed by atoms with van der Waals surface area (Å²) in [6.07, 6.45) is 0.0287. The van der Waals surface area contributed by atoms with Crippen molar-refractivity contribution in [3.63, 3.8) is 0 Å². The lowest BCUT2D eigenvalue weighted by Crippen LogP contribution is -2.48. The van der Waals surface area contributed by atoms with E-state index in [4.69, 9.17) is 9.47 Å². The summed E-state index contributed by atoms with van der Waals surface area (Å²) in [7, 11) is 1.56. The number of nitrogens with zero attached hydrogens (tertiary/aromatic N) is 1. The van der Waals surface area contributed by atoms with Gasteiger partial charge in [0.05, 0.1) is 7.11 Å². The maximum Gasteiger partial charge on any atom is 0.408 e. The lowest BCUT2D eigenvalue weighted by atomic mass is 10.0. The number of carbonyl (C=O) groups excluding carboxylic acids is 3. The molecule has 1 aliphatic rings. The number of methoxy groups -OCH3 is 1. The fourth-order valence-electron chi connectivity index (χ4n) is 3.94. The number of aryl methyl sites for hydroxylation is 1. The molecule has 0 spiro atoms. The first kappa shape index (κ1) is 26.8. The number of alkyl carbamates (subject to hydrolysis) is 1. The van der Waals surface area contributed by atoms with Crippen molar-refractivity contribution in [2.24, 2.45) is 5.92 Å². The first-order chi connectivity index (χ1) is 16.9. The van der Waals surface area contributed by atoms with E-state index < -0.39 is 29.6 Å². The summed E-state index contributed by atoms with van der Waals surface area (Å²) in [6.45, 7) is 8.62. The van der Waals surface area contributed by atoms with Gasteiger partial charge >= 0.3 is 6.09 Å². The number of rotatable bonds is 8. The number of ether oxygens (including phenoxy) is 2. The molecule has 1 saturated carbocycles. The van der Waals surface area contributed by atoms with Crippen LogP contribution in [0, 0.1) is 12.8 Å². The third-order valence-electron chi connectivity index (χ3n) is 5.92. The lowest BCUT2D eigenvalue weighted by molar-refractivity contribution is -0.139.